The van der Waals surface area contributed by atoms with Crippen molar-refractivity contribution in [2.75, 3.05) is 13.2 Å². The number of ether oxygens (including phenoxy) is 2. The van der Waals surface area contributed by atoms with Gasteiger partial charge in [-0.05, 0) is 194 Å². The normalized spacial score (nSPS) is 31.4. The van der Waals surface area contributed by atoms with E-state index in [0.717, 1.165) is 78.6 Å². The predicted octanol–water partition coefficient (Wildman–Crippen LogP) is 10.1. The summed E-state index contributed by atoms with van der Waals surface area (Å²) in [5.41, 5.74) is 21.6. The lowest BCUT2D eigenvalue weighted by Gasteiger charge is -2.46. The van der Waals surface area contributed by atoms with Crippen LogP contribution in [-0.2, 0) is 46.4 Å². The first kappa shape index (κ1) is 53.7. The minimum atomic E-state index is -4.69. The summed E-state index contributed by atoms with van der Waals surface area (Å²) in [6, 6.07) is 36.7. The molecule has 9 N–H and O–H groups in total. The van der Waals surface area contributed by atoms with E-state index in [1.54, 1.807) is 12.1 Å². The molecule has 13 atom stereocenters. The maximum absolute atomic E-state index is 14.4. The number of phenolic OH excluding ortho intramolecular Hbond substituents is 1. The highest BCUT2D eigenvalue weighted by Crippen LogP contribution is 2.56. The van der Waals surface area contributed by atoms with Gasteiger partial charge in [-0.3, -0.25) is 4.55 Å². The van der Waals surface area contributed by atoms with Crippen LogP contribution in [0.5, 0.6) is 11.5 Å². The van der Waals surface area contributed by atoms with Crippen LogP contribution in [-0.4, -0.2) is 64.4 Å². The number of hydrogen-bond acceptors (Lipinski definition) is 9. The molecule has 5 aromatic rings. The quantitative estimate of drug-likeness (QED) is 0.0243. The highest BCUT2D eigenvalue weighted by molar-refractivity contribution is 7.86. The van der Waals surface area contributed by atoms with Crippen molar-refractivity contribution < 1.29 is 37.8 Å². The van der Waals surface area contributed by atoms with Gasteiger partial charge >= 0.3 is 0 Å². The predicted molar refractivity (Wildman–Crippen MR) is 307 cm³/mol. The first-order valence-electron chi connectivity index (χ1n) is 29.0. The molecule has 13 heteroatoms. The summed E-state index contributed by atoms with van der Waals surface area (Å²) in [6.07, 6.45) is 9.83. The van der Waals surface area contributed by atoms with Crippen LogP contribution >= 0.6 is 0 Å². The standard InChI is InChI=1S/C66H76N4O8S/c1-40-12-13-47-32-55-21-23-57(47)59(40)35-61(79(74,75)76)60-34-50-30-49(33-56-28-42(39-71)9-5-10-46-31-54(72)20-22-58(46)63(50)77-56)62(60)44-16-18-52(19-17-44)66(78-55,70-64(67)68)37-53(27-41-7-3-2-4-8-41)65(73)25-6-11-48(36-65)45-15-14-43-24-26-69-38-51(43)29-45/h2-4,7-8,14-23,29,31-32,34,40,42,48-49,53,56,59-63,69,71-73H,6,9,11-13,24-28,30,33,35-39H2,1H3,(H4,67,68,70)(H,74,75,76)/t40-,42+,48+,49-,53+,56-,59+,60-,61-,62+,63-,65-,66-/m1/s1. The lowest BCUT2D eigenvalue weighted by Crippen LogP contribution is -2.48. The Hall–Kier alpha value is -5.98. The van der Waals surface area contributed by atoms with Gasteiger partial charge in [0.2, 0.25) is 5.72 Å². The first-order valence-corrected chi connectivity index (χ1v) is 30.5. The molecule has 6 heterocycles. The number of nitrogens with one attached hydrogen (secondary N) is 1. The molecule has 0 spiro atoms. The van der Waals surface area contributed by atoms with Gasteiger partial charge in [0, 0.05) is 48.6 Å². The molecule has 12 nitrogen and oxygen atoms in total. The van der Waals surface area contributed by atoms with E-state index in [4.69, 9.17) is 25.9 Å². The molecule has 79 heavy (non-hydrogen) atoms. The third-order valence-electron chi connectivity index (χ3n) is 19.5. The van der Waals surface area contributed by atoms with E-state index in [2.05, 4.69) is 84.8 Å². The van der Waals surface area contributed by atoms with Gasteiger partial charge in [-0.1, -0.05) is 110 Å². The van der Waals surface area contributed by atoms with E-state index >= 15 is 0 Å². The second-order valence-electron chi connectivity index (χ2n) is 24.5. The summed E-state index contributed by atoms with van der Waals surface area (Å²) in [7, 11) is -4.69. The summed E-state index contributed by atoms with van der Waals surface area (Å²) >= 11 is 0. The number of aliphatic imine (C=N–C) groups is 1. The number of phenols is 1. The summed E-state index contributed by atoms with van der Waals surface area (Å²) < 4.78 is 55.3. The summed E-state index contributed by atoms with van der Waals surface area (Å²) in [4.78, 5) is 5.18. The van der Waals surface area contributed by atoms with Gasteiger partial charge in [-0.25, -0.2) is 4.99 Å². The second-order valence-corrected chi connectivity index (χ2v) is 26.1. The summed E-state index contributed by atoms with van der Waals surface area (Å²) in [5, 5.41) is 37.3. The fourth-order valence-electron chi connectivity index (χ4n) is 15.6. The van der Waals surface area contributed by atoms with E-state index < -0.39 is 44.6 Å². The number of fused-ring (bicyclic) bond motifs is 10. The van der Waals surface area contributed by atoms with Crippen molar-refractivity contribution in [1.82, 2.24) is 5.32 Å². The number of benzene rings is 5. The smallest absolute Gasteiger partial charge is 0.268 e. The molecule has 14 rings (SSSR count). The molecule has 3 aliphatic carbocycles. The van der Waals surface area contributed by atoms with Gasteiger partial charge in [0.1, 0.15) is 17.6 Å². The van der Waals surface area contributed by atoms with Crippen molar-refractivity contribution in [3.8, 4) is 23.3 Å². The topological polar surface area (TPSA) is 210 Å². The van der Waals surface area contributed by atoms with E-state index in [-0.39, 0.29) is 72.8 Å². The Bertz CT molecular complexity index is 3310. The molecule has 0 aromatic heterocycles. The number of aliphatic hydroxyl groups excluding tert-OH is 1. The maximum atomic E-state index is 14.4. The van der Waals surface area contributed by atoms with Crippen molar-refractivity contribution in [2.24, 2.45) is 46.0 Å². The number of aromatic hydroxyl groups is 1. The van der Waals surface area contributed by atoms with Crippen LogP contribution in [0.3, 0.4) is 0 Å². The van der Waals surface area contributed by atoms with E-state index in [1.807, 2.05) is 42.5 Å². The van der Waals surface area contributed by atoms with Crippen LogP contribution in [0.4, 0.5) is 0 Å². The molecule has 1 saturated heterocycles. The Morgan fingerprint density at radius 3 is 2.51 bits per heavy atom. The average Bonchev–Trinajstić information content (AvgIpc) is 3.59. The molecule has 9 aliphatic rings. The van der Waals surface area contributed by atoms with E-state index in [0.29, 0.717) is 61.8 Å². The first-order chi connectivity index (χ1) is 38.1. The molecule has 6 aliphatic heterocycles. The van der Waals surface area contributed by atoms with Crippen molar-refractivity contribution in [2.45, 2.75) is 150 Å². The van der Waals surface area contributed by atoms with E-state index in [9.17, 15) is 28.3 Å². The fraction of sp³-hybridized carbons (Fsp3) is 0.470. The lowest BCUT2D eigenvalue weighted by atomic mass is 9.64. The number of guanidine groups is 1. The summed E-state index contributed by atoms with van der Waals surface area (Å²) in [5.74, 6) is 5.30. The van der Waals surface area contributed by atoms with Gasteiger partial charge in [-0.2, -0.15) is 8.42 Å². The third-order valence-corrected chi connectivity index (χ3v) is 20.8. The fourth-order valence-corrected chi connectivity index (χ4v) is 16.7. The Morgan fingerprint density at radius 1 is 0.899 bits per heavy atom. The molecule has 5 aromatic carbocycles. The molecule has 414 valence electrons. The monoisotopic (exact) mass is 1080 g/mol. The van der Waals surface area contributed by atoms with Crippen LogP contribution < -0.4 is 21.5 Å². The van der Waals surface area contributed by atoms with Gasteiger partial charge in [0.25, 0.3) is 10.1 Å². The number of nitrogens with two attached hydrogens (primary N) is 2. The Labute approximate surface area is 465 Å². The second kappa shape index (κ2) is 21.8. The van der Waals surface area contributed by atoms with Crippen molar-refractivity contribution >= 4 is 16.1 Å². The molecule has 0 radical (unpaired) electrons. The number of nitrogens with zero attached hydrogens (tertiary/aromatic N) is 1. The van der Waals surface area contributed by atoms with E-state index in [1.165, 1.54) is 16.7 Å². The SMILES string of the molecule is C[C@@H]1CCc2cc3ccc2[C@H]1C[C@@H](S(=O)(=O)O)[C@H]1C=C2C[C@H](C[C@H]4C[C@@H](CO)CC#Cc5cc(O)ccc5[C@@H]2O4)[C@@H]1c1ccc(cc1)[C@](C[C@H](Cc1ccccc1)[C@@]1(O)CCC[C@H](c2ccc4c(c2)CNCC4)C1)(N=C(N)N)O3. The number of aliphatic hydroxyl groups is 2. The zero-order valence-electron chi connectivity index (χ0n) is 45.3. The number of aryl methyl sites for hydroxylation is 1. The molecular formula is C66H76N4O8S. The molecule has 0 amide bonds. The zero-order valence-corrected chi connectivity index (χ0v) is 46.1. The van der Waals surface area contributed by atoms with Crippen LogP contribution in [0.25, 0.3) is 0 Å². The summed E-state index contributed by atoms with van der Waals surface area (Å²) in [6.45, 7) is 3.93. The van der Waals surface area contributed by atoms with Gasteiger partial charge in [-0.15, -0.1) is 0 Å². The maximum Gasteiger partial charge on any atom is 0.268 e. The van der Waals surface area contributed by atoms with Crippen LogP contribution in [0.15, 0.2) is 126 Å². The Kier molecular flexibility index (Phi) is 14.8. The zero-order chi connectivity index (χ0) is 54.6. The van der Waals surface area contributed by atoms with Crippen molar-refractivity contribution in [1.29, 1.82) is 0 Å². The Morgan fingerprint density at radius 2 is 1.71 bits per heavy atom. The van der Waals surface area contributed by atoms with Gasteiger partial charge < -0.3 is 41.6 Å². The van der Waals surface area contributed by atoms with Crippen LogP contribution in [0.2, 0.25) is 0 Å². The Balaban J connectivity index is 1.02. The molecule has 1 saturated carbocycles. The lowest BCUT2D eigenvalue weighted by molar-refractivity contribution is -0.0834. The largest absolute Gasteiger partial charge is 0.508 e. The van der Waals surface area contributed by atoms with Gasteiger partial charge in [0.15, 0.2) is 5.96 Å². The van der Waals surface area contributed by atoms with Gasteiger partial charge in [0.05, 0.1) is 17.0 Å². The molecular weight excluding hydrogens is 1010 g/mol. The third kappa shape index (κ3) is 10.9. The van der Waals surface area contributed by atoms with Crippen LogP contribution in [0.1, 0.15) is 157 Å². The molecule has 2 fully saturated rings. The number of allylic oxidation sites excluding steroid dienone is 1. The van der Waals surface area contributed by atoms with Crippen molar-refractivity contribution in [3.63, 3.8) is 0 Å². The number of hydrogen-bond donors (Lipinski definition) is 7. The van der Waals surface area contributed by atoms with Crippen LogP contribution in [0, 0.1) is 41.4 Å². The minimum Gasteiger partial charge on any atom is -0.508 e. The average molecular weight is 1090 g/mol. The molecule has 10 bridgehead atoms. The number of rotatable bonds is 9. The highest BCUT2D eigenvalue weighted by atomic mass is 32.2. The highest BCUT2D eigenvalue weighted by Gasteiger charge is 2.51. The minimum absolute atomic E-state index is 0.0728. The van der Waals surface area contributed by atoms with Crippen molar-refractivity contribution in [3.05, 3.63) is 176 Å². The molecule has 0 unspecified atom stereocenters.